The van der Waals surface area contributed by atoms with Crippen molar-refractivity contribution in [2.24, 2.45) is 0 Å². The minimum atomic E-state index is -0.0880. The summed E-state index contributed by atoms with van der Waals surface area (Å²) >= 11 is 0. The summed E-state index contributed by atoms with van der Waals surface area (Å²) in [7, 11) is 0. The van der Waals surface area contributed by atoms with Crippen LogP contribution in [-0.2, 0) is 4.79 Å². The van der Waals surface area contributed by atoms with Crippen molar-refractivity contribution in [2.75, 3.05) is 26.3 Å². The van der Waals surface area contributed by atoms with Gasteiger partial charge in [0.25, 0.3) is 0 Å². The van der Waals surface area contributed by atoms with Gasteiger partial charge >= 0.3 is 0 Å². The Morgan fingerprint density at radius 1 is 1.37 bits per heavy atom. The highest BCUT2D eigenvalue weighted by Crippen LogP contribution is 2.18. The second-order valence-corrected chi connectivity index (χ2v) is 4.48. The maximum absolute atomic E-state index is 12.2. The van der Waals surface area contributed by atoms with E-state index in [1.54, 1.807) is 12.5 Å². The standard InChI is InChI=1S/C13H23N3O3/c1-2-3-12(16-5-4-14-11-16)10-13(19)15(6-8-17)7-9-18/h4-5,11-12,17-18H,2-3,6-10H2,1H3. The van der Waals surface area contributed by atoms with Crippen molar-refractivity contribution in [1.29, 1.82) is 0 Å². The van der Waals surface area contributed by atoms with E-state index in [9.17, 15) is 4.79 Å². The molecular weight excluding hydrogens is 246 g/mol. The highest BCUT2D eigenvalue weighted by Gasteiger charge is 2.19. The molecule has 1 aromatic heterocycles. The van der Waals surface area contributed by atoms with Crippen molar-refractivity contribution >= 4 is 5.91 Å². The maximum atomic E-state index is 12.2. The van der Waals surface area contributed by atoms with Crippen LogP contribution in [0.4, 0.5) is 0 Å². The highest BCUT2D eigenvalue weighted by atomic mass is 16.3. The fourth-order valence-electron chi connectivity index (χ4n) is 2.11. The maximum Gasteiger partial charge on any atom is 0.224 e. The first kappa shape index (κ1) is 15.7. The van der Waals surface area contributed by atoms with E-state index in [0.717, 1.165) is 12.8 Å². The van der Waals surface area contributed by atoms with E-state index in [4.69, 9.17) is 10.2 Å². The quantitative estimate of drug-likeness (QED) is 0.681. The molecule has 1 amide bonds. The van der Waals surface area contributed by atoms with Crippen molar-refractivity contribution in [2.45, 2.75) is 32.2 Å². The molecule has 0 bridgehead atoms. The first-order chi connectivity index (χ1) is 9.22. The zero-order valence-electron chi connectivity index (χ0n) is 11.4. The SMILES string of the molecule is CCCC(CC(=O)N(CCO)CCO)n1ccnc1. The van der Waals surface area contributed by atoms with Crippen molar-refractivity contribution in [3.05, 3.63) is 18.7 Å². The molecule has 1 aromatic rings. The average Bonchev–Trinajstić information content (AvgIpc) is 2.91. The van der Waals surface area contributed by atoms with E-state index >= 15 is 0 Å². The Hall–Kier alpha value is -1.40. The van der Waals surface area contributed by atoms with Crippen molar-refractivity contribution < 1.29 is 15.0 Å². The number of nitrogens with zero attached hydrogens (tertiary/aromatic N) is 3. The molecule has 1 heterocycles. The largest absolute Gasteiger partial charge is 0.395 e. The number of carbonyl (C=O) groups is 1. The first-order valence-electron chi connectivity index (χ1n) is 6.69. The number of hydrogen-bond acceptors (Lipinski definition) is 4. The minimum Gasteiger partial charge on any atom is -0.395 e. The summed E-state index contributed by atoms with van der Waals surface area (Å²) in [5.41, 5.74) is 0. The molecule has 1 unspecified atom stereocenters. The van der Waals surface area contributed by atoms with Gasteiger partial charge in [-0.2, -0.15) is 0 Å². The number of carbonyl (C=O) groups excluding carboxylic acids is 1. The van der Waals surface area contributed by atoms with Crippen LogP contribution in [0.25, 0.3) is 0 Å². The average molecular weight is 269 g/mol. The second-order valence-electron chi connectivity index (χ2n) is 4.48. The lowest BCUT2D eigenvalue weighted by atomic mass is 10.1. The second kappa shape index (κ2) is 8.66. The summed E-state index contributed by atoms with van der Waals surface area (Å²) < 4.78 is 1.94. The first-order valence-corrected chi connectivity index (χ1v) is 6.69. The molecule has 108 valence electrons. The van der Waals surface area contributed by atoms with Gasteiger partial charge in [0, 0.05) is 37.9 Å². The molecule has 0 spiro atoms. The third-order valence-electron chi connectivity index (χ3n) is 3.07. The molecule has 0 saturated carbocycles. The van der Waals surface area contributed by atoms with Gasteiger partial charge in [0.2, 0.25) is 5.91 Å². The number of rotatable bonds is 9. The number of aromatic nitrogens is 2. The van der Waals surface area contributed by atoms with Gasteiger partial charge in [-0.25, -0.2) is 4.98 Å². The zero-order chi connectivity index (χ0) is 14.1. The van der Waals surface area contributed by atoms with Crippen LogP contribution < -0.4 is 0 Å². The monoisotopic (exact) mass is 269 g/mol. The predicted molar refractivity (Wildman–Crippen MR) is 71.5 cm³/mol. The van der Waals surface area contributed by atoms with Gasteiger partial charge in [0.1, 0.15) is 0 Å². The molecule has 0 aromatic carbocycles. The van der Waals surface area contributed by atoms with Gasteiger partial charge < -0.3 is 19.7 Å². The fourth-order valence-corrected chi connectivity index (χ4v) is 2.11. The molecule has 6 heteroatoms. The number of aliphatic hydroxyl groups excluding tert-OH is 2. The third kappa shape index (κ3) is 5.00. The Balaban J connectivity index is 2.64. The zero-order valence-corrected chi connectivity index (χ0v) is 11.4. The Bertz CT molecular complexity index is 348. The Kier molecular flexibility index (Phi) is 7.14. The fraction of sp³-hybridized carbons (Fsp3) is 0.692. The molecule has 0 fully saturated rings. The Morgan fingerprint density at radius 2 is 2.05 bits per heavy atom. The van der Waals surface area contributed by atoms with E-state index in [1.165, 1.54) is 4.90 Å². The Labute approximate surface area is 113 Å². The third-order valence-corrected chi connectivity index (χ3v) is 3.07. The van der Waals surface area contributed by atoms with E-state index in [2.05, 4.69) is 11.9 Å². The van der Waals surface area contributed by atoms with E-state index in [-0.39, 0.29) is 38.3 Å². The molecule has 1 rings (SSSR count). The van der Waals surface area contributed by atoms with Crippen LogP contribution in [0.2, 0.25) is 0 Å². The van der Waals surface area contributed by atoms with Crippen molar-refractivity contribution in [1.82, 2.24) is 14.5 Å². The number of hydrogen-bond donors (Lipinski definition) is 2. The molecule has 0 aliphatic heterocycles. The molecule has 0 saturated heterocycles. The van der Waals surface area contributed by atoms with Gasteiger partial charge in [-0.05, 0) is 6.42 Å². The summed E-state index contributed by atoms with van der Waals surface area (Å²) in [6, 6.07) is 0.0832. The predicted octanol–water partition coefficient (Wildman–Crippen LogP) is 0.428. The lowest BCUT2D eigenvalue weighted by Crippen LogP contribution is -2.37. The smallest absolute Gasteiger partial charge is 0.224 e. The van der Waals surface area contributed by atoms with Gasteiger partial charge in [0.05, 0.1) is 19.5 Å². The van der Waals surface area contributed by atoms with Crippen LogP contribution in [0.1, 0.15) is 32.2 Å². The summed E-state index contributed by atoms with van der Waals surface area (Å²) in [4.78, 5) is 17.7. The topological polar surface area (TPSA) is 78.6 Å². The van der Waals surface area contributed by atoms with Gasteiger partial charge in [-0.15, -0.1) is 0 Å². The lowest BCUT2D eigenvalue weighted by molar-refractivity contribution is -0.133. The molecular formula is C13H23N3O3. The molecule has 19 heavy (non-hydrogen) atoms. The molecule has 2 N–H and O–H groups in total. The molecule has 1 atom stereocenters. The van der Waals surface area contributed by atoms with Crippen LogP contribution in [0.3, 0.4) is 0 Å². The van der Waals surface area contributed by atoms with E-state index < -0.39 is 0 Å². The molecule has 0 radical (unpaired) electrons. The van der Waals surface area contributed by atoms with Crippen LogP contribution in [0.15, 0.2) is 18.7 Å². The van der Waals surface area contributed by atoms with Gasteiger partial charge in [0.15, 0.2) is 0 Å². The van der Waals surface area contributed by atoms with Crippen LogP contribution in [-0.4, -0.2) is 56.9 Å². The van der Waals surface area contributed by atoms with Crippen LogP contribution in [0.5, 0.6) is 0 Å². The normalized spacial score (nSPS) is 12.4. The summed E-state index contributed by atoms with van der Waals surface area (Å²) in [6.45, 7) is 2.43. The van der Waals surface area contributed by atoms with E-state index in [1.807, 2.05) is 10.8 Å². The summed E-state index contributed by atoms with van der Waals surface area (Å²) in [6.07, 6.45) is 7.52. The van der Waals surface area contributed by atoms with Crippen LogP contribution >= 0.6 is 0 Å². The molecule has 6 nitrogen and oxygen atoms in total. The number of imidazole rings is 1. The highest BCUT2D eigenvalue weighted by molar-refractivity contribution is 5.76. The van der Waals surface area contributed by atoms with Gasteiger partial charge in [-0.1, -0.05) is 13.3 Å². The Morgan fingerprint density at radius 3 is 2.53 bits per heavy atom. The van der Waals surface area contributed by atoms with E-state index in [0.29, 0.717) is 6.42 Å². The summed E-state index contributed by atoms with van der Waals surface area (Å²) in [5.74, 6) is -0.0461. The van der Waals surface area contributed by atoms with Crippen molar-refractivity contribution in [3.8, 4) is 0 Å². The van der Waals surface area contributed by atoms with Crippen molar-refractivity contribution in [3.63, 3.8) is 0 Å². The number of aliphatic hydroxyl groups is 2. The minimum absolute atomic E-state index is 0.0461. The summed E-state index contributed by atoms with van der Waals surface area (Å²) in [5, 5.41) is 17.9. The molecule has 0 aliphatic carbocycles. The van der Waals surface area contributed by atoms with Crippen LogP contribution in [0, 0.1) is 0 Å². The molecule has 0 aliphatic rings. The van der Waals surface area contributed by atoms with Gasteiger partial charge in [-0.3, -0.25) is 4.79 Å². The lowest BCUT2D eigenvalue weighted by Gasteiger charge is -2.24. The number of amides is 1.